The van der Waals surface area contributed by atoms with Crippen molar-refractivity contribution in [1.82, 2.24) is 10.3 Å². The van der Waals surface area contributed by atoms with E-state index in [2.05, 4.69) is 5.32 Å². The zero-order valence-corrected chi connectivity index (χ0v) is 16.3. The van der Waals surface area contributed by atoms with Gasteiger partial charge in [-0.05, 0) is 43.7 Å². The summed E-state index contributed by atoms with van der Waals surface area (Å²) in [4.78, 5) is 29.6. The van der Waals surface area contributed by atoms with Crippen LogP contribution >= 0.6 is 0 Å². The van der Waals surface area contributed by atoms with Crippen molar-refractivity contribution in [2.24, 2.45) is 0 Å². The van der Waals surface area contributed by atoms with Crippen LogP contribution in [0.2, 0.25) is 0 Å². The van der Waals surface area contributed by atoms with Crippen LogP contribution in [0.25, 0.3) is 10.9 Å². The predicted molar refractivity (Wildman–Crippen MR) is 104 cm³/mol. The van der Waals surface area contributed by atoms with E-state index >= 15 is 0 Å². The van der Waals surface area contributed by atoms with Crippen LogP contribution in [0.1, 0.15) is 40.9 Å². The number of esters is 1. The van der Waals surface area contributed by atoms with Gasteiger partial charge in [-0.25, -0.2) is 13.2 Å². The van der Waals surface area contributed by atoms with Crippen LogP contribution in [0.4, 0.5) is 0 Å². The van der Waals surface area contributed by atoms with E-state index in [1.54, 1.807) is 0 Å². The highest BCUT2D eigenvalue weighted by Crippen LogP contribution is 2.29. The average Bonchev–Trinajstić information content (AvgIpc) is 3.02. The van der Waals surface area contributed by atoms with Crippen LogP contribution in [0.3, 0.4) is 0 Å². The molecule has 0 spiro atoms. The van der Waals surface area contributed by atoms with Crippen LogP contribution in [0.5, 0.6) is 0 Å². The number of ether oxygens (including phenoxy) is 1. The second kappa shape index (κ2) is 7.50. The maximum atomic E-state index is 12.8. The normalized spacial score (nSPS) is 20.5. The fraction of sp³-hybridized carbons (Fsp3) is 0.450. The van der Waals surface area contributed by atoms with Crippen molar-refractivity contribution in [2.75, 3.05) is 18.1 Å². The molecule has 1 aromatic heterocycles. The molecule has 28 heavy (non-hydrogen) atoms. The molecule has 8 heteroatoms. The first kappa shape index (κ1) is 18.9. The quantitative estimate of drug-likeness (QED) is 0.779. The number of benzene rings is 1. The summed E-state index contributed by atoms with van der Waals surface area (Å²) < 4.78 is 28.3. The number of hydrogen-bond donors (Lipinski definition) is 1. The smallest absolute Gasteiger partial charge is 0.339 e. The van der Waals surface area contributed by atoms with E-state index in [-0.39, 0.29) is 11.5 Å². The summed E-state index contributed by atoms with van der Waals surface area (Å²) in [6, 6.07) is 7.03. The molecule has 1 atom stereocenters. The minimum atomic E-state index is -3.08. The van der Waals surface area contributed by atoms with Crippen molar-refractivity contribution in [3.63, 3.8) is 0 Å². The first-order valence-electron chi connectivity index (χ1n) is 9.50. The number of para-hydroxylation sites is 1. The number of aromatic nitrogens is 1. The summed E-state index contributed by atoms with van der Waals surface area (Å²) in [6.07, 6.45) is 4.02. The van der Waals surface area contributed by atoms with Gasteiger partial charge in [-0.1, -0.05) is 18.2 Å². The molecule has 2 aliphatic rings. The molecule has 0 radical (unpaired) electrons. The number of sulfone groups is 1. The van der Waals surface area contributed by atoms with Crippen molar-refractivity contribution < 1.29 is 22.7 Å². The Morgan fingerprint density at radius 3 is 2.75 bits per heavy atom. The second-order valence-corrected chi connectivity index (χ2v) is 9.61. The summed E-state index contributed by atoms with van der Waals surface area (Å²) in [7, 11) is -3.08. The monoisotopic (exact) mass is 402 g/mol. The highest BCUT2D eigenvalue weighted by Gasteiger charge is 2.29. The number of carbonyl (C=O) groups is 2. The first-order valence-corrected chi connectivity index (χ1v) is 11.3. The van der Waals surface area contributed by atoms with Gasteiger partial charge >= 0.3 is 5.97 Å². The van der Waals surface area contributed by atoms with Crippen molar-refractivity contribution >= 4 is 32.6 Å². The lowest BCUT2D eigenvalue weighted by Gasteiger charge is -2.20. The number of carbonyl (C=O) groups excluding carboxylic acids is 2. The van der Waals surface area contributed by atoms with Crippen LogP contribution < -0.4 is 5.32 Å². The van der Waals surface area contributed by atoms with Gasteiger partial charge in [0.05, 0.1) is 22.6 Å². The molecule has 0 saturated carbocycles. The van der Waals surface area contributed by atoms with Gasteiger partial charge in [-0.3, -0.25) is 9.78 Å². The molecule has 1 fully saturated rings. The Hall–Kier alpha value is -2.48. The molecule has 1 aliphatic heterocycles. The van der Waals surface area contributed by atoms with Crippen LogP contribution in [0.15, 0.2) is 24.3 Å². The number of amides is 1. The molecule has 1 aromatic carbocycles. The largest absolute Gasteiger partial charge is 0.452 e. The minimum absolute atomic E-state index is 0.0603. The third-order valence-electron chi connectivity index (χ3n) is 5.31. The van der Waals surface area contributed by atoms with Gasteiger partial charge in [0.25, 0.3) is 5.91 Å². The fourth-order valence-electron chi connectivity index (χ4n) is 3.99. The van der Waals surface area contributed by atoms with Crippen molar-refractivity contribution in [3.8, 4) is 0 Å². The van der Waals surface area contributed by atoms with Crippen molar-refractivity contribution in [3.05, 3.63) is 41.1 Å². The maximum Gasteiger partial charge on any atom is 0.339 e. The van der Waals surface area contributed by atoms with E-state index in [1.807, 2.05) is 24.3 Å². The van der Waals surface area contributed by atoms with Gasteiger partial charge in [0, 0.05) is 17.1 Å². The number of rotatable bonds is 4. The molecular formula is C20H22N2O5S. The summed E-state index contributed by atoms with van der Waals surface area (Å²) in [5.41, 5.74) is 3.09. The summed E-state index contributed by atoms with van der Waals surface area (Å²) in [5.74, 6) is -1.00. The second-order valence-electron chi connectivity index (χ2n) is 7.38. The van der Waals surface area contributed by atoms with Crippen LogP contribution in [0, 0.1) is 0 Å². The molecule has 4 rings (SSSR count). The zero-order valence-electron chi connectivity index (χ0n) is 15.4. The number of nitrogens with zero attached hydrogens (tertiary/aromatic N) is 1. The number of pyridine rings is 1. The minimum Gasteiger partial charge on any atom is -0.452 e. The van der Waals surface area contributed by atoms with E-state index in [0.717, 1.165) is 47.8 Å². The molecule has 0 unspecified atom stereocenters. The van der Waals surface area contributed by atoms with E-state index in [4.69, 9.17) is 9.72 Å². The predicted octanol–water partition coefficient (Wildman–Crippen LogP) is 1.57. The summed E-state index contributed by atoms with van der Waals surface area (Å²) in [5, 5.41) is 3.37. The maximum absolute atomic E-state index is 12.8. The summed E-state index contributed by atoms with van der Waals surface area (Å²) >= 11 is 0. The topological polar surface area (TPSA) is 102 Å². The Bertz CT molecular complexity index is 1050. The molecule has 148 valence electrons. The number of nitrogens with one attached hydrogen (secondary N) is 1. The molecule has 1 N–H and O–H groups in total. The number of aryl methyl sites for hydroxylation is 1. The molecule has 0 bridgehead atoms. The Morgan fingerprint density at radius 2 is 1.96 bits per heavy atom. The lowest BCUT2D eigenvalue weighted by molar-refractivity contribution is -0.124. The summed E-state index contributed by atoms with van der Waals surface area (Å²) in [6.45, 7) is -0.430. The number of hydrogen-bond acceptors (Lipinski definition) is 6. The zero-order chi connectivity index (χ0) is 19.7. The third kappa shape index (κ3) is 3.87. The highest BCUT2D eigenvalue weighted by atomic mass is 32.2. The van der Waals surface area contributed by atoms with Gasteiger partial charge in [0.1, 0.15) is 0 Å². The number of fused-ring (bicyclic) bond motifs is 2. The molecule has 2 heterocycles. The van der Waals surface area contributed by atoms with Gasteiger partial charge < -0.3 is 10.1 Å². The lowest BCUT2D eigenvalue weighted by atomic mass is 9.90. The first-order chi connectivity index (χ1) is 13.4. The Morgan fingerprint density at radius 1 is 1.18 bits per heavy atom. The Labute approximate surface area is 163 Å². The Kier molecular flexibility index (Phi) is 5.05. The average molecular weight is 402 g/mol. The molecule has 7 nitrogen and oxygen atoms in total. The van der Waals surface area contributed by atoms with E-state index in [0.29, 0.717) is 12.0 Å². The third-order valence-corrected chi connectivity index (χ3v) is 7.07. The van der Waals surface area contributed by atoms with Gasteiger partial charge in [-0.15, -0.1) is 0 Å². The van der Waals surface area contributed by atoms with E-state index in [1.165, 1.54) is 0 Å². The molecule has 1 amide bonds. The van der Waals surface area contributed by atoms with E-state index in [9.17, 15) is 18.0 Å². The van der Waals surface area contributed by atoms with E-state index < -0.39 is 34.4 Å². The molecule has 1 saturated heterocycles. The van der Waals surface area contributed by atoms with Gasteiger partial charge in [0.15, 0.2) is 16.4 Å². The molecule has 1 aliphatic carbocycles. The fourth-order valence-corrected chi connectivity index (χ4v) is 5.66. The van der Waals surface area contributed by atoms with Gasteiger partial charge in [0.2, 0.25) is 0 Å². The van der Waals surface area contributed by atoms with Crippen molar-refractivity contribution in [1.29, 1.82) is 0 Å². The lowest BCUT2D eigenvalue weighted by Crippen LogP contribution is -2.38. The Balaban J connectivity index is 1.50. The van der Waals surface area contributed by atoms with Gasteiger partial charge in [-0.2, -0.15) is 0 Å². The SMILES string of the molecule is O=C(COC(=O)c1c2c(nc3ccccc13)CCCC2)N[C@H]1CCS(=O)(=O)C1. The van der Waals surface area contributed by atoms with Crippen LogP contribution in [-0.4, -0.2) is 49.4 Å². The standard InChI is InChI=1S/C20H22N2O5S/c23-18(21-13-9-10-28(25,26)12-13)11-27-20(24)19-14-5-1-3-7-16(14)22-17-8-4-2-6-15(17)19/h1,3,5,7,13H,2,4,6,8-12H2,(H,21,23)/t13-/m0/s1. The van der Waals surface area contributed by atoms with Crippen molar-refractivity contribution in [2.45, 2.75) is 38.1 Å². The van der Waals surface area contributed by atoms with Crippen LogP contribution in [-0.2, 0) is 32.2 Å². The highest BCUT2D eigenvalue weighted by molar-refractivity contribution is 7.91. The molecular weight excluding hydrogens is 380 g/mol. The molecule has 2 aromatic rings.